The molecule has 0 saturated carbocycles. The molecule has 4 nitrogen and oxygen atoms in total. The van der Waals surface area contributed by atoms with Crippen LogP contribution in [-0.4, -0.2) is 48.9 Å². The van der Waals surface area contributed by atoms with E-state index in [1.165, 1.54) is 12.8 Å². The van der Waals surface area contributed by atoms with Crippen LogP contribution >= 0.6 is 0 Å². The van der Waals surface area contributed by atoms with Crippen molar-refractivity contribution in [1.82, 2.24) is 15.1 Å². The molecule has 0 bridgehead atoms. The zero-order valence-corrected chi connectivity index (χ0v) is 19.8. The third-order valence-corrected chi connectivity index (χ3v) is 5.44. The van der Waals surface area contributed by atoms with E-state index in [0.717, 1.165) is 68.2 Å². The third kappa shape index (κ3) is 7.35. The SMILES string of the molecule is C=C/C(=C1/NC(=NCCN(CCC)CCCC)C=CN1C)c1cc(CCC)ccc1F. The molecule has 0 amide bonds. The molecule has 0 unspecified atom stereocenters. The first-order valence-electron chi connectivity index (χ1n) is 11.6. The predicted octanol–water partition coefficient (Wildman–Crippen LogP) is 5.59. The number of aliphatic imine (C=N–C) groups is 1. The van der Waals surface area contributed by atoms with Crippen LogP contribution in [0.3, 0.4) is 0 Å². The van der Waals surface area contributed by atoms with E-state index >= 15 is 0 Å². The average Bonchev–Trinajstić information content (AvgIpc) is 2.76. The number of hydrogen-bond donors (Lipinski definition) is 1. The number of unbranched alkanes of at least 4 members (excludes halogenated alkanes) is 1. The van der Waals surface area contributed by atoms with Crippen LogP contribution in [0.5, 0.6) is 0 Å². The Balaban J connectivity index is 2.22. The number of nitrogens with zero attached hydrogens (tertiary/aromatic N) is 3. The standard InChI is InChI=1S/C26H39FN4/c1-6-10-17-31(16-8-3)19-15-28-25-14-18-30(5)26(29-25)22(9-4)23-20-21(11-7-2)12-13-24(23)27/h9,12-14,18,20H,4,6-8,10-11,15-17,19H2,1-3,5H3,(H,28,29)/b26-22+. The van der Waals surface area contributed by atoms with Gasteiger partial charge in [0.1, 0.15) is 17.5 Å². The highest BCUT2D eigenvalue weighted by atomic mass is 19.1. The number of benzene rings is 1. The minimum Gasteiger partial charge on any atom is -0.337 e. The molecule has 2 rings (SSSR count). The predicted molar refractivity (Wildman–Crippen MR) is 131 cm³/mol. The first-order valence-corrected chi connectivity index (χ1v) is 11.6. The van der Waals surface area contributed by atoms with Gasteiger partial charge in [-0.25, -0.2) is 4.39 Å². The molecule has 170 valence electrons. The number of allylic oxidation sites excluding steroid dienone is 2. The highest BCUT2D eigenvalue weighted by molar-refractivity contribution is 5.96. The highest BCUT2D eigenvalue weighted by Crippen LogP contribution is 2.26. The average molecular weight is 427 g/mol. The lowest BCUT2D eigenvalue weighted by Crippen LogP contribution is -2.35. The van der Waals surface area contributed by atoms with Gasteiger partial charge in [0.05, 0.1) is 6.54 Å². The number of rotatable bonds is 12. The van der Waals surface area contributed by atoms with Gasteiger partial charge in [-0.15, -0.1) is 0 Å². The van der Waals surface area contributed by atoms with Crippen LogP contribution in [0.4, 0.5) is 4.39 Å². The van der Waals surface area contributed by atoms with Crippen molar-refractivity contribution in [3.8, 4) is 0 Å². The Labute approximate surface area is 188 Å². The quantitative estimate of drug-likeness (QED) is 0.472. The van der Waals surface area contributed by atoms with Gasteiger partial charge in [0, 0.05) is 30.9 Å². The fourth-order valence-electron chi connectivity index (χ4n) is 3.76. The van der Waals surface area contributed by atoms with Gasteiger partial charge in [-0.1, -0.05) is 52.3 Å². The summed E-state index contributed by atoms with van der Waals surface area (Å²) < 4.78 is 14.7. The van der Waals surface area contributed by atoms with Crippen LogP contribution in [0.15, 0.2) is 53.9 Å². The second kappa shape index (κ2) is 13.1. The van der Waals surface area contributed by atoms with Crippen molar-refractivity contribution in [3.05, 3.63) is 65.9 Å². The minimum absolute atomic E-state index is 0.239. The Kier molecular flexibility index (Phi) is 10.5. The topological polar surface area (TPSA) is 30.9 Å². The third-order valence-electron chi connectivity index (χ3n) is 5.44. The van der Waals surface area contributed by atoms with Crippen molar-refractivity contribution >= 4 is 11.4 Å². The molecule has 1 aliphatic rings. The number of nitrogens with one attached hydrogen (secondary N) is 1. The number of halogens is 1. The van der Waals surface area contributed by atoms with Crippen molar-refractivity contribution in [2.45, 2.75) is 52.9 Å². The molecular weight excluding hydrogens is 387 g/mol. The van der Waals surface area contributed by atoms with Gasteiger partial charge in [0.25, 0.3) is 0 Å². The number of hydrogen-bond acceptors (Lipinski definition) is 3. The second-order valence-corrected chi connectivity index (χ2v) is 8.04. The van der Waals surface area contributed by atoms with Crippen molar-refractivity contribution in [2.75, 3.05) is 33.2 Å². The fraction of sp³-hybridized carbons (Fsp3) is 0.500. The van der Waals surface area contributed by atoms with Crippen LogP contribution in [0.2, 0.25) is 0 Å². The van der Waals surface area contributed by atoms with Crippen LogP contribution in [0.1, 0.15) is 57.6 Å². The molecule has 31 heavy (non-hydrogen) atoms. The summed E-state index contributed by atoms with van der Waals surface area (Å²) in [5.74, 6) is 1.35. The van der Waals surface area contributed by atoms with E-state index in [1.54, 1.807) is 12.1 Å². The molecule has 0 atom stereocenters. The van der Waals surface area contributed by atoms with Gasteiger partial charge in [-0.3, -0.25) is 4.99 Å². The molecule has 1 aliphatic heterocycles. The van der Waals surface area contributed by atoms with Crippen LogP contribution < -0.4 is 5.32 Å². The lowest BCUT2D eigenvalue weighted by molar-refractivity contribution is 0.277. The highest BCUT2D eigenvalue weighted by Gasteiger charge is 2.18. The summed E-state index contributed by atoms with van der Waals surface area (Å²) in [4.78, 5) is 9.20. The van der Waals surface area contributed by atoms with Crippen molar-refractivity contribution in [1.29, 1.82) is 0 Å². The summed E-state index contributed by atoms with van der Waals surface area (Å²) in [5, 5.41) is 3.39. The van der Waals surface area contributed by atoms with E-state index in [9.17, 15) is 4.39 Å². The molecule has 1 aromatic rings. The normalized spacial score (nSPS) is 16.7. The summed E-state index contributed by atoms with van der Waals surface area (Å²) >= 11 is 0. The Bertz CT molecular complexity index is 810. The van der Waals surface area contributed by atoms with E-state index < -0.39 is 0 Å². The molecule has 0 aliphatic carbocycles. The fourth-order valence-corrected chi connectivity index (χ4v) is 3.76. The Morgan fingerprint density at radius 2 is 1.97 bits per heavy atom. The molecule has 1 aromatic carbocycles. The molecule has 0 spiro atoms. The first-order chi connectivity index (χ1) is 15.0. The zero-order chi connectivity index (χ0) is 22.6. The number of aryl methyl sites for hydroxylation is 1. The van der Waals surface area contributed by atoms with Gasteiger partial charge >= 0.3 is 0 Å². The minimum atomic E-state index is -0.239. The maximum Gasteiger partial charge on any atom is 0.131 e. The summed E-state index contributed by atoms with van der Waals surface area (Å²) in [6.07, 6.45) is 11.2. The largest absolute Gasteiger partial charge is 0.337 e. The Hall–Kier alpha value is -2.40. The smallest absolute Gasteiger partial charge is 0.131 e. The molecular formula is C26H39FN4. The molecule has 1 N–H and O–H groups in total. The van der Waals surface area contributed by atoms with E-state index in [1.807, 2.05) is 36.4 Å². The van der Waals surface area contributed by atoms with Crippen LogP contribution in [0.25, 0.3) is 5.57 Å². The first kappa shape index (κ1) is 24.9. The molecule has 0 saturated heterocycles. The second-order valence-electron chi connectivity index (χ2n) is 8.04. The Morgan fingerprint density at radius 3 is 2.65 bits per heavy atom. The van der Waals surface area contributed by atoms with Gasteiger partial charge in [0.15, 0.2) is 0 Å². The van der Waals surface area contributed by atoms with Gasteiger partial charge in [0.2, 0.25) is 0 Å². The lowest BCUT2D eigenvalue weighted by Gasteiger charge is -2.27. The maximum atomic E-state index is 14.7. The number of amidine groups is 1. The summed E-state index contributed by atoms with van der Waals surface area (Å²) in [6.45, 7) is 14.4. The summed E-state index contributed by atoms with van der Waals surface area (Å²) in [7, 11) is 1.95. The van der Waals surface area contributed by atoms with E-state index in [2.05, 4.69) is 37.6 Å². The Morgan fingerprint density at radius 1 is 1.16 bits per heavy atom. The molecule has 5 heteroatoms. The van der Waals surface area contributed by atoms with Crippen molar-refractivity contribution < 1.29 is 4.39 Å². The maximum absolute atomic E-state index is 14.7. The van der Waals surface area contributed by atoms with E-state index in [0.29, 0.717) is 5.56 Å². The molecule has 1 heterocycles. The summed E-state index contributed by atoms with van der Waals surface area (Å²) in [6, 6.07) is 5.35. The lowest BCUT2D eigenvalue weighted by atomic mass is 9.99. The van der Waals surface area contributed by atoms with Crippen molar-refractivity contribution in [3.63, 3.8) is 0 Å². The summed E-state index contributed by atoms with van der Waals surface area (Å²) in [5.41, 5.74) is 2.44. The monoisotopic (exact) mass is 426 g/mol. The van der Waals surface area contributed by atoms with Gasteiger partial charge in [-0.05, 0) is 56.1 Å². The van der Waals surface area contributed by atoms with E-state index in [4.69, 9.17) is 4.99 Å². The zero-order valence-electron chi connectivity index (χ0n) is 19.8. The molecule has 0 aromatic heterocycles. The van der Waals surface area contributed by atoms with Gasteiger partial charge in [-0.2, -0.15) is 0 Å². The van der Waals surface area contributed by atoms with Crippen molar-refractivity contribution in [2.24, 2.45) is 4.99 Å². The van der Waals surface area contributed by atoms with Crippen LogP contribution in [0, 0.1) is 5.82 Å². The van der Waals surface area contributed by atoms with Gasteiger partial charge < -0.3 is 15.1 Å². The van der Waals surface area contributed by atoms with E-state index in [-0.39, 0.29) is 5.82 Å². The molecule has 0 fully saturated rings. The van der Waals surface area contributed by atoms with Crippen LogP contribution in [-0.2, 0) is 6.42 Å². The molecule has 0 radical (unpaired) electrons.